The topological polar surface area (TPSA) is 84.2 Å². The minimum Gasteiger partial charge on any atom is -0.351 e. The molecular formula is C18H22N6O2. The van der Waals surface area contributed by atoms with Crippen LogP contribution in [0.4, 0.5) is 5.82 Å². The molecule has 0 unspecified atom stereocenters. The highest BCUT2D eigenvalue weighted by Gasteiger charge is 2.34. The summed E-state index contributed by atoms with van der Waals surface area (Å²) in [4.78, 5) is 27.8. The summed E-state index contributed by atoms with van der Waals surface area (Å²) < 4.78 is 1.18. The van der Waals surface area contributed by atoms with Gasteiger partial charge in [-0.15, -0.1) is 5.10 Å². The SMILES string of the molecule is CN(C(=O)c1ccc(=O)n(C)n1)C1CN(c2cc3c(nn2)CCCC3)C1. The monoisotopic (exact) mass is 354 g/mol. The zero-order valence-electron chi connectivity index (χ0n) is 15.1. The van der Waals surface area contributed by atoms with Crippen LogP contribution in [0.5, 0.6) is 0 Å². The molecule has 0 radical (unpaired) electrons. The van der Waals surface area contributed by atoms with Gasteiger partial charge in [-0.25, -0.2) is 4.68 Å². The van der Waals surface area contributed by atoms with Crippen LogP contribution in [0, 0.1) is 0 Å². The molecule has 1 fully saturated rings. The Morgan fingerprint density at radius 1 is 1.19 bits per heavy atom. The third-order valence-corrected chi connectivity index (χ3v) is 5.29. The largest absolute Gasteiger partial charge is 0.351 e. The average molecular weight is 354 g/mol. The van der Waals surface area contributed by atoms with Crippen molar-refractivity contribution in [3.63, 3.8) is 0 Å². The molecule has 0 bridgehead atoms. The Bertz CT molecular complexity index is 903. The number of carbonyl (C=O) groups is 1. The Morgan fingerprint density at radius 2 is 1.96 bits per heavy atom. The van der Waals surface area contributed by atoms with Crippen LogP contribution in [-0.4, -0.2) is 57.0 Å². The first-order valence-corrected chi connectivity index (χ1v) is 8.95. The molecule has 0 aromatic carbocycles. The first-order chi connectivity index (χ1) is 12.5. The van der Waals surface area contributed by atoms with Crippen LogP contribution in [0.1, 0.15) is 34.6 Å². The normalized spacial score (nSPS) is 16.8. The number of hydrogen-bond acceptors (Lipinski definition) is 6. The van der Waals surface area contributed by atoms with Crippen molar-refractivity contribution in [2.75, 3.05) is 25.0 Å². The van der Waals surface area contributed by atoms with Crippen LogP contribution in [0.3, 0.4) is 0 Å². The van der Waals surface area contributed by atoms with E-state index in [2.05, 4.69) is 26.3 Å². The number of hydrogen-bond donors (Lipinski definition) is 0. The fourth-order valence-corrected chi connectivity index (χ4v) is 3.48. The maximum atomic E-state index is 12.6. The van der Waals surface area contributed by atoms with E-state index in [1.54, 1.807) is 19.0 Å². The number of rotatable bonds is 3. The van der Waals surface area contributed by atoms with Gasteiger partial charge in [0.05, 0.1) is 11.7 Å². The van der Waals surface area contributed by atoms with Gasteiger partial charge in [0, 0.05) is 33.3 Å². The highest BCUT2D eigenvalue weighted by Crippen LogP contribution is 2.26. The first kappa shape index (κ1) is 16.7. The lowest BCUT2D eigenvalue weighted by molar-refractivity contribution is 0.0696. The van der Waals surface area contributed by atoms with Crippen molar-refractivity contribution in [3.05, 3.63) is 45.5 Å². The molecule has 0 N–H and O–H groups in total. The number of nitrogens with zero attached hydrogens (tertiary/aromatic N) is 6. The molecule has 8 nitrogen and oxygen atoms in total. The number of aryl methyl sites for hydroxylation is 3. The number of carbonyl (C=O) groups excluding carboxylic acids is 1. The number of aromatic nitrogens is 4. The van der Waals surface area contributed by atoms with Crippen molar-refractivity contribution >= 4 is 11.7 Å². The summed E-state index contributed by atoms with van der Waals surface area (Å²) in [6.07, 6.45) is 4.50. The fourth-order valence-electron chi connectivity index (χ4n) is 3.48. The predicted molar refractivity (Wildman–Crippen MR) is 96.2 cm³/mol. The Balaban J connectivity index is 1.41. The van der Waals surface area contributed by atoms with E-state index in [0.717, 1.165) is 37.4 Å². The molecule has 1 aliphatic heterocycles. The van der Waals surface area contributed by atoms with Crippen LogP contribution in [0.2, 0.25) is 0 Å². The molecule has 2 aliphatic rings. The van der Waals surface area contributed by atoms with Gasteiger partial charge in [-0.1, -0.05) is 0 Å². The lowest BCUT2D eigenvalue weighted by Crippen LogP contribution is -2.60. The molecule has 2 aromatic heterocycles. The van der Waals surface area contributed by atoms with Gasteiger partial charge in [0.25, 0.3) is 11.5 Å². The predicted octanol–water partition coefficient (Wildman–Crippen LogP) is 0.410. The molecule has 3 heterocycles. The van der Waals surface area contributed by atoms with Crippen LogP contribution in [0.15, 0.2) is 23.0 Å². The number of fused-ring (bicyclic) bond motifs is 1. The summed E-state index contributed by atoms with van der Waals surface area (Å²) in [7, 11) is 3.31. The minimum atomic E-state index is -0.231. The molecule has 136 valence electrons. The van der Waals surface area contributed by atoms with Crippen LogP contribution < -0.4 is 10.5 Å². The lowest BCUT2D eigenvalue weighted by atomic mass is 9.96. The summed E-state index contributed by atoms with van der Waals surface area (Å²) in [5.41, 5.74) is 2.49. The molecule has 0 atom stereocenters. The zero-order chi connectivity index (χ0) is 18.3. The maximum absolute atomic E-state index is 12.6. The van der Waals surface area contributed by atoms with E-state index in [4.69, 9.17) is 0 Å². The molecule has 1 amide bonds. The van der Waals surface area contributed by atoms with Crippen molar-refractivity contribution in [2.45, 2.75) is 31.7 Å². The molecule has 4 rings (SSSR count). The van der Waals surface area contributed by atoms with E-state index in [9.17, 15) is 9.59 Å². The van der Waals surface area contributed by atoms with E-state index in [-0.39, 0.29) is 23.2 Å². The van der Waals surface area contributed by atoms with Gasteiger partial charge in [0.15, 0.2) is 5.82 Å². The third kappa shape index (κ3) is 2.95. The molecule has 1 aliphatic carbocycles. The van der Waals surface area contributed by atoms with Gasteiger partial charge < -0.3 is 9.80 Å². The quantitative estimate of drug-likeness (QED) is 0.794. The summed E-state index contributed by atoms with van der Waals surface area (Å²) in [5, 5.41) is 12.8. The first-order valence-electron chi connectivity index (χ1n) is 8.95. The molecule has 26 heavy (non-hydrogen) atoms. The van der Waals surface area contributed by atoms with Crippen LogP contribution in [-0.2, 0) is 19.9 Å². The molecule has 8 heteroatoms. The summed E-state index contributed by atoms with van der Waals surface area (Å²) in [6.45, 7) is 1.45. The highest BCUT2D eigenvalue weighted by molar-refractivity contribution is 5.92. The Kier molecular flexibility index (Phi) is 4.18. The Labute approximate surface area is 151 Å². The third-order valence-electron chi connectivity index (χ3n) is 5.29. The minimum absolute atomic E-state index is 0.0966. The molecule has 0 saturated carbocycles. The van der Waals surface area contributed by atoms with Crippen molar-refractivity contribution in [1.29, 1.82) is 0 Å². The van der Waals surface area contributed by atoms with Gasteiger partial charge >= 0.3 is 0 Å². The zero-order valence-corrected chi connectivity index (χ0v) is 15.1. The van der Waals surface area contributed by atoms with Gasteiger partial charge in [-0.2, -0.15) is 10.2 Å². The molecule has 2 aromatic rings. The van der Waals surface area contributed by atoms with Gasteiger partial charge in [0.2, 0.25) is 0 Å². The average Bonchev–Trinajstić information content (AvgIpc) is 2.62. The highest BCUT2D eigenvalue weighted by atomic mass is 16.2. The van der Waals surface area contributed by atoms with E-state index in [1.807, 2.05) is 0 Å². The van der Waals surface area contributed by atoms with Gasteiger partial charge in [-0.05, 0) is 43.4 Å². The van der Waals surface area contributed by atoms with Crippen molar-refractivity contribution < 1.29 is 4.79 Å². The van der Waals surface area contributed by atoms with E-state index in [1.165, 1.54) is 35.2 Å². The standard InChI is InChI=1S/C18H22N6O2/c1-22(18(26)15-7-8-17(25)23(2)21-15)13-10-24(11-13)16-9-12-5-3-4-6-14(12)19-20-16/h7-9,13H,3-6,10-11H2,1-2H3. The van der Waals surface area contributed by atoms with Crippen molar-refractivity contribution in [1.82, 2.24) is 24.9 Å². The van der Waals surface area contributed by atoms with Crippen molar-refractivity contribution in [2.24, 2.45) is 7.05 Å². The fraction of sp³-hybridized carbons (Fsp3) is 0.500. The van der Waals surface area contributed by atoms with Gasteiger partial charge in [0.1, 0.15) is 5.69 Å². The van der Waals surface area contributed by atoms with E-state index < -0.39 is 0 Å². The van der Waals surface area contributed by atoms with E-state index >= 15 is 0 Å². The molecular weight excluding hydrogens is 332 g/mol. The summed E-state index contributed by atoms with van der Waals surface area (Å²) in [6, 6.07) is 5.09. The molecule has 0 spiro atoms. The van der Waals surface area contributed by atoms with E-state index in [0.29, 0.717) is 0 Å². The van der Waals surface area contributed by atoms with Crippen molar-refractivity contribution in [3.8, 4) is 0 Å². The summed E-state index contributed by atoms with van der Waals surface area (Å²) in [5.74, 6) is 0.713. The molecule has 1 saturated heterocycles. The number of likely N-dealkylation sites (N-methyl/N-ethyl adjacent to an activating group) is 1. The number of anilines is 1. The van der Waals surface area contributed by atoms with Crippen LogP contribution in [0.25, 0.3) is 0 Å². The summed E-state index contributed by atoms with van der Waals surface area (Å²) >= 11 is 0. The second-order valence-corrected chi connectivity index (χ2v) is 7.04. The Hall–Kier alpha value is -2.77. The second-order valence-electron chi connectivity index (χ2n) is 7.04. The number of amides is 1. The second kappa shape index (κ2) is 6.51. The van der Waals surface area contributed by atoms with Gasteiger partial charge in [-0.3, -0.25) is 9.59 Å². The Morgan fingerprint density at radius 3 is 2.73 bits per heavy atom. The smallest absolute Gasteiger partial charge is 0.274 e. The lowest BCUT2D eigenvalue weighted by Gasteiger charge is -2.44. The maximum Gasteiger partial charge on any atom is 0.274 e. The van der Waals surface area contributed by atoms with Crippen LogP contribution >= 0.6 is 0 Å².